The lowest BCUT2D eigenvalue weighted by atomic mass is 10.1. The second-order valence-electron chi connectivity index (χ2n) is 6.71. The van der Waals surface area contributed by atoms with Crippen LogP contribution in [0.15, 0.2) is 36.7 Å². The van der Waals surface area contributed by atoms with Crippen LogP contribution in [0.2, 0.25) is 0 Å². The van der Waals surface area contributed by atoms with E-state index in [0.29, 0.717) is 23.1 Å². The Labute approximate surface area is 153 Å². The number of ketones is 1. The molecule has 0 aliphatic heterocycles. The molecule has 1 aromatic heterocycles. The molecule has 0 spiro atoms. The Balaban J connectivity index is 1.61. The fourth-order valence-electron chi connectivity index (χ4n) is 3.16. The zero-order valence-electron chi connectivity index (χ0n) is 15.0. The van der Waals surface area contributed by atoms with Gasteiger partial charge in [0.2, 0.25) is 0 Å². The number of amides is 1. The number of hydrogen-bond donors (Lipinski definition) is 2. The number of hydrogen-bond acceptors (Lipinski definition) is 5. The van der Waals surface area contributed by atoms with E-state index in [2.05, 4.69) is 20.6 Å². The molecular weight excluding hydrogens is 328 g/mol. The molecule has 0 saturated heterocycles. The molecule has 0 unspecified atom stereocenters. The fraction of sp³-hybridized carbons (Fsp3) is 0.400. The van der Waals surface area contributed by atoms with Crippen molar-refractivity contribution in [2.45, 2.75) is 51.5 Å². The van der Waals surface area contributed by atoms with Gasteiger partial charge in [0.1, 0.15) is 11.5 Å². The number of nitrogens with one attached hydrogen (secondary N) is 2. The minimum atomic E-state index is -0.348. The summed E-state index contributed by atoms with van der Waals surface area (Å²) in [5.74, 6) is 0.307. The molecule has 0 atom stereocenters. The van der Waals surface area contributed by atoms with E-state index in [-0.39, 0.29) is 17.4 Å². The van der Waals surface area contributed by atoms with Crippen LogP contribution in [0.25, 0.3) is 0 Å². The van der Waals surface area contributed by atoms with E-state index >= 15 is 0 Å². The normalized spacial score (nSPS) is 15.1. The van der Waals surface area contributed by atoms with Gasteiger partial charge in [-0.25, -0.2) is 9.97 Å². The van der Waals surface area contributed by atoms with Gasteiger partial charge in [-0.3, -0.25) is 9.59 Å². The Hall–Kier alpha value is -2.76. The zero-order chi connectivity index (χ0) is 18.4. The van der Waals surface area contributed by atoms with Gasteiger partial charge < -0.3 is 10.6 Å². The first-order valence-electron chi connectivity index (χ1n) is 9.13. The highest BCUT2D eigenvalue weighted by molar-refractivity contribution is 6.03. The number of carbonyl (C=O) groups is 2. The summed E-state index contributed by atoms with van der Waals surface area (Å²) in [7, 11) is 0. The summed E-state index contributed by atoms with van der Waals surface area (Å²) in [5.41, 5.74) is 1.35. The topological polar surface area (TPSA) is 84.0 Å². The average Bonchev–Trinajstić information content (AvgIpc) is 2.91. The molecule has 1 saturated carbocycles. The maximum absolute atomic E-state index is 12.3. The van der Waals surface area contributed by atoms with Crippen molar-refractivity contribution in [1.29, 1.82) is 0 Å². The van der Waals surface area contributed by atoms with Crippen molar-refractivity contribution in [3.8, 4) is 0 Å². The summed E-state index contributed by atoms with van der Waals surface area (Å²) in [4.78, 5) is 32.3. The van der Waals surface area contributed by atoms with Crippen LogP contribution < -0.4 is 10.6 Å². The van der Waals surface area contributed by atoms with E-state index in [4.69, 9.17) is 0 Å². The van der Waals surface area contributed by atoms with Gasteiger partial charge >= 0.3 is 0 Å². The van der Waals surface area contributed by atoms with Gasteiger partial charge in [0, 0.05) is 17.3 Å². The van der Waals surface area contributed by atoms with Crippen molar-refractivity contribution in [2.24, 2.45) is 0 Å². The van der Waals surface area contributed by atoms with Crippen LogP contribution in [0.3, 0.4) is 0 Å². The minimum absolute atomic E-state index is 0.0465. The van der Waals surface area contributed by atoms with Gasteiger partial charge in [0.15, 0.2) is 5.78 Å². The molecule has 1 aromatic carbocycles. The predicted octanol–water partition coefficient (Wildman–Crippen LogP) is 4.07. The van der Waals surface area contributed by atoms with Gasteiger partial charge in [-0.15, -0.1) is 0 Å². The molecule has 26 heavy (non-hydrogen) atoms. The highest BCUT2D eigenvalue weighted by atomic mass is 16.2. The maximum atomic E-state index is 12.3. The Kier molecular flexibility index (Phi) is 5.94. The summed E-state index contributed by atoms with van der Waals surface area (Å²) in [5, 5.41) is 6.16. The molecule has 1 amide bonds. The van der Waals surface area contributed by atoms with E-state index in [9.17, 15) is 9.59 Å². The number of rotatable bonds is 5. The first-order chi connectivity index (χ1) is 12.6. The molecule has 2 N–H and O–H groups in total. The van der Waals surface area contributed by atoms with Crippen molar-refractivity contribution in [3.63, 3.8) is 0 Å². The lowest BCUT2D eigenvalue weighted by Gasteiger charge is -2.16. The van der Waals surface area contributed by atoms with Crippen molar-refractivity contribution < 1.29 is 9.59 Å². The molecule has 1 heterocycles. The van der Waals surface area contributed by atoms with Crippen molar-refractivity contribution >= 4 is 23.2 Å². The van der Waals surface area contributed by atoms with Crippen LogP contribution >= 0.6 is 0 Å². The minimum Gasteiger partial charge on any atom is -0.366 e. The standard InChI is InChI=1S/C20H24N4O2/c1-14(25)15-7-6-10-17(11-15)24-20(26)18-12-22-19(13-21-18)23-16-8-4-2-3-5-9-16/h6-7,10-13,16H,2-5,8-9H2,1H3,(H,22,23)(H,24,26). The zero-order valence-corrected chi connectivity index (χ0v) is 15.0. The number of aromatic nitrogens is 2. The highest BCUT2D eigenvalue weighted by Gasteiger charge is 2.14. The van der Waals surface area contributed by atoms with Crippen molar-refractivity contribution in [2.75, 3.05) is 10.6 Å². The van der Waals surface area contributed by atoms with Gasteiger partial charge in [0.05, 0.1) is 12.4 Å². The molecule has 0 radical (unpaired) electrons. The molecular formula is C20H24N4O2. The third-order valence-electron chi connectivity index (χ3n) is 4.62. The summed E-state index contributed by atoms with van der Waals surface area (Å²) in [6.07, 6.45) is 10.5. The van der Waals surface area contributed by atoms with E-state index in [1.807, 2.05) is 0 Å². The van der Waals surface area contributed by atoms with Crippen LogP contribution in [0.5, 0.6) is 0 Å². The smallest absolute Gasteiger partial charge is 0.275 e. The van der Waals surface area contributed by atoms with E-state index < -0.39 is 0 Å². The number of benzene rings is 1. The number of carbonyl (C=O) groups excluding carboxylic acids is 2. The average molecular weight is 352 g/mol. The summed E-state index contributed by atoms with van der Waals surface area (Å²) >= 11 is 0. The van der Waals surface area contributed by atoms with E-state index in [0.717, 1.165) is 12.8 Å². The largest absolute Gasteiger partial charge is 0.366 e. The molecule has 0 bridgehead atoms. The van der Waals surface area contributed by atoms with Crippen molar-refractivity contribution in [1.82, 2.24) is 9.97 Å². The van der Waals surface area contributed by atoms with Gasteiger partial charge in [0.25, 0.3) is 5.91 Å². The van der Waals surface area contributed by atoms with Crippen LogP contribution in [-0.4, -0.2) is 27.7 Å². The molecule has 1 aliphatic carbocycles. The Morgan fingerprint density at radius 2 is 1.81 bits per heavy atom. The molecule has 2 aromatic rings. The van der Waals surface area contributed by atoms with E-state index in [1.165, 1.54) is 38.8 Å². The Bertz CT molecular complexity index is 766. The highest BCUT2D eigenvalue weighted by Crippen LogP contribution is 2.20. The Morgan fingerprint density at radius 3 is 2.46 bits per heavy atom. The molecule has 1 fully saturated rings. The summed E-state index contributed by atoms with van der Waals surface area (Å²) in [6.45, 7) is 1.49. The maximum Gasteiger partial charge on any atom is 0.275 e. The lowest BCUT2D eigenvalue weighted by Crippen LogP contribution is -2.20. The first-order valence-corrected chi connectivity index (χ1v) is 9.13. The summed E-state index contributed by atoms with van der Waals surface area (Å²) in [6, 6.07) is 7.26. The van der Waals surface area contributed by atoms with Gasteiger partial charge in [-0.2, -0.15) is 0 Å². The second kappa shape index (κ2) is 8.56. The summed E-state index contributed by atoms with van der Waals surface area (Å²) < 4.78 is 0. The monoisotopic (exact) mass is 352 g/mol. The van der Waals surface area contributed by atoms with Gasteiger partial charge in [-0.05, 0) is 31.9 Å². The molecule has 3 rings (SSSR count). The Morgan fingerprint density at radius 1 is 1.04 bits per heavy atom. The predicted molar refractivity (Wildman–Crippen MR) is 102 cm³/mol. The van der Waals surface area contributed by atoms with Crippen LogP contribution in [0.4, 0.5) is 11.5 Å². The molecule has 136 valence electrons. The first kappa shape index (κ1) is 18.0. The van der Waals surface area contributed by atoms with Crippen molar-refractivity contribution in [3.05, 3.63) is 47.9 Å². The SMILES string of the molecule is CC(=O)c1cccc(NC(=O)c2cnc(NC3CCCCCC3)cn2)c1. The number of anilines is 2. The number of Topliss-reactive ketones (excluding diaryl/α,β-unsaturated/α-hetero) is 1. The molecule has 1 aliphatic rings. The fourth-order valence-corrected chi connectivity index (χ4v) is 3.16. The lowest BCUT2D eigenvalue weighted by molar-refractivity contribution is 0.100. The third kappa shape index (κ3) is 4.88. The second-order valence-corrected chi connectivity index (χ2v) is 6.71. The van der Waals surface area contributed by atoms with Crippen LogP contribution in [-0.2, 0) is 0 Å². The quantitative estimate of drug-likeness (QED) is 0.626. The van der Waals surface area contributed by atoms with Crippen LogP contribution in [0.1, 0.15) is 66.3 Å². The molecule has 6 nitrogen and oxygen atoms in total. The van der Waals surface area contributed by atoms with Gasteiger partial charge in [-0.1, -0.05) is 37.8 Å². The van der Waals surface area contributed by atoms with Crippen LogP contribution in [0, 0.1) is 0 Å². The third-order valence-corrected chi connectivity index (χ3v) is 4.62. The van der Waals surface area contributed by atoms with E-state index in [1.54, 1.807) is 30.5 Å². The number of nitrogens with zero attached hydrogens (tertiary/aromatic N) is 2. The molecule has 6 heteroatoms.